The van der Waals surface area contributed by atoms with Crippen molar-refractivity contribution in [2.75, 3.05) is 5.73 Å². The minimum atomic E-state index is -1.02. The van der Waals surface area contributed by atoms with Crippen LogP contribution < -0.4 is 5.73 Å². The van der Waals surface area contributed by atoms with Crippen molar-refractivity contribution in [1.29, 1.82) is 0 Å². The van der Waals surface area contributed by atoms with E-state index in [2.05, 4.69) is 9.97 Å². The minimum Gasteiger partial charge on any atom is -0.477 e. The van der Waals surface area contributed by atoms with Gasteiger partial charge in [-0.15, -0.1) is 0 Å². The van der Waals surface area contributed by atoms with Gasteiger partial charge >= 0.3 is 5.97 Å². The molecule has 4 aliphatic carbocycles. The van der Waals surface area contributed by atoms with Crippen LogP contribution in [0.1, 0.15) is 54.8 Å². The number of carbonyl (C=O) groups is 1. The first-order valence-electron chi connectivity index (χ1n) is 7.42. The van der Waals surface area contributed by atoms with Gasteiger partial charge in [-0.1, -0.05) is 0 Å². The number of hydrogen-bond acceptors (Lipinski definition) is 4. The molecule has 1 aromatic heterocycles. The van der Waals surface area contributed by atoms with Crippen molar-refractivity contribution >= 4 is 11.8 Å². The number of anilines is 1. The first-order valence-corrected chi connectivity index (χ1v) is 7.42. The average Bonchev–Trinajstić information content (AvgIpc) is 2.36. The van der Waals surface area contributed by atoms with Crippen LogP contribution in [0.3, 0.4) is 0 Å². The van der Waals surface area contributed by atoms with Crippen LogP contribution in [0, 0.1) is 17.8 Å². The molecule has 4 fully saturated rings. The van der Waals surface area contributed by atoms with Crippen LogP contribution >= 0.6 is 0 Å². The molecule has 0 radical (unpaired) electrons. The van der Waals surface area contributed by atoms with E-state index < -0.39 is 5.97 Å². The zero-order valence-electron chi connectivity index (χ0n) is 11.4. The molecule has 5 rings (SSSR count). The Hall–Kier alpha value is -1.65. The Morgan fingerprint density at radius 2 is 1.70 bits per heavy atom. The van der Waals surface area contributed by atoms with Crippen molar-refractivity contribution in [2.45, 2.75) is 43.9 Å². The standard InChI is InChI=1S/C15H19N3O2/c16-12-4-11(13(19)20)17-14(18-12)15-5-8-1-9(6-15)3-10(2-8)7-15/h4,8-10H,1-3,5-7H2,(H,19,20)(H2,16,17,18). The highest BCUT2D eigenvalue weighted by Gasteiger charge is 2.53. The molecule has 106 valence electrons. The van der Waals surface area contributed by atoms with Crippen LogP contribution in [0.25, 0.3) is 0 Å². The molecule has 0 atom stereocenters. The van der Waals surface area contributed by atoms with E-state index in [4.69, 9.17) is 10.8 Å². The lowest BCUT2D eigenvalue weighted by molar-refractivity contribution is -0.00943. The zero-order valence-corrected chi connectivity index (χ0v) is 11.4. The normalized spacial score (nSPS) is 38.1. The number of carboxylic acids is 1. The van der Waals surface area contributed by atoms with E-state index >= 15 is 0 Å². The second kappa shape index (κ2) is 3.93. The van der Waals surface area contributed by atoms with Gasteiger partial charge in [0.25, 0.3) is 0 Å². The Balaban J connectivity index is 1.78. The summed E-state index contributed by atoms with van der Waals surface area (Å²) in [5, 5.41) is 9.17. The van der Waals surface area contributed by atoms with Crippen LogP contribution in [-0.2, 0) is 5.41 Å². The van der Waals surface area contributed by atoms with Crippen LogP contribution in [-0.4, -0.2) is 21.0 Å². The fourth-order valence-electron chi connectivity index (χ4n) is 5.20. The summed E-state index contributed by atoms with van der Waals surface area (Å²) in [5.74, 6) is 2.28. The molecule has 1 heterocycles. The lowest BCUT2D eigenvalue weighted by Gasteiger charge is -2.55. The number of aromatic carboxylic acids is 1. The predicted molar refractivity (Wildman–Crippen MR) is 73.3 cm³/mol. The van der Waals surface area contributed by atoms with Crippen molar-refractivity contribution in [3.63, 3.8) is 0 Å². The second-order valence-corrected chi connectivity index (χ2v) is 7.00. The minimum absolute atomic E-state index is 0.00562. The molecule has 0 spiro atoms. The Kier molecular flexibility index (Phi) is 2.38. The smallest absolute Gasteiger partial charge is 0.354 e. The van der Waals surface area contributed by atoms with Gasteiger partial charge in [0.15, 0.2) is 5.69 Å². The van der Waals surface area contributed by atoms with Gasteiger partial charge < -0.3 is 10.8 Å². The van der Waals surface area contributed by atoms with E-state index in [1.165, 1.54) is 25.3 Å². The summed E-state index contributed by atoms with van der Waals surface area (Å²) in [5.41, 5.74) is 5.83. The van der Waals surface area contributed by atoms with E-state index in [-0.39, 0.29) is 16.9 Å². The number of aromatic nitrogens is 2. The highest BCUT2D eigenvalue weighted by atomic mass is 16.4. The predicted octanol–water partition coefficient (Wildman–Crippen LogP) is 2.22. The van der Waals surface area contributed by atoms with Crippen molar-refractivity contribution in [3.05, 3.63) is 17.6 Å². The first-order chi connectivity index (χ1) is 9.54. The van der Waals surface area contributed by atoms with E-state index in [1.54, 1.807) is 0 Å². The number of nitrogen functional groups attached to an aromatic ring is 1. The quantitative estimate of drug-likeness (QED) is 0.862. The van der Waals surface area contributed by atoms with Crippen LogP contribution in [0.2, 0.25) is 0 Å². The molecule has 5 heteroatoms. The lowest BCUT2D eigenvalue weighted by atomic mass is 9.49. The van der Waals surface area contributed by atoms with Crippen molar-refractivity contribution in [2.24, 2.45) is 17.8 Å². The Morgan fingerprint density at radius 1 is 1.15 bits per heavy atom. The van der Waals surface area contributed by atoms with Gasteiger partial charge in [0, 0.05) is 11.5 Å². The second-order valence-electron chi connectivity index (χ2n) is 7.00. The van der Waals surface area contributed by atoms with Crippen molar-refractivity contribution in [1.82, 2.24) is 9.97 Å². The summed E-state index contributed by atoms with van der Waals surface area (Å²) in [6.07, 6.45) is 7.36. The Labute approximate surface area is 117 Å². The Morgan fingerprint density at radius 3 is 2.20 bits per heavy atom. The van der Waals surface area contributed by atoms with Gasteiger partial charge in [-0.05, 0) is 56.3 Å². The molecule has 1 aromatic rings. The maximum Gasteiger partial charge on any atom is 0.354 e. The molecule has 4 bridgehead atoms. The van der Waals surface area contributed by atoms with Gasteiger partial charge in [-0.2, -0.15) is 0 Å². The van der Waals surface area contributed by atoms with Crippen LogP contribution in [0.5, 0.6) is 0 Å². The molecule has 5 nitrogen and oxygen atoms in total. The maximum absolute atomic E-state index is 11.2. The summed E-state index contributed by atoms with van der Waals surface area (Å²) >= 11 is 0. The maximum atomic E-state index is 11.2. The van der Waals surface area contributed by atoms with Crippen LogP contribution in [0.4, 0.5) is 5.82 Å². The third-order valence-corrected chi connectivity index (χ3v) is 5.48. The van der Waals surface area contributed by atoms with E-state index in [0.717, 1.165) is 37.0 Å². The molecular formula is C15H19N3O2. The van der Waals surface area contributed by atoms with Crippen molar-refractivity contribution < 1.29 is 9.90 Å². The molecule has 0 aromatic carbocycles. The van der Waals surface area contributed by atoms with Gasteiger partial charge in [0.1, 0.15) is 11.6 Å². The van der Waals surface area contributed by atoms with Gasteiger partial charge in [0.05, 0.1) is 0 Å². The third kappa shape index (κ3) is 1.72. The monoisotopic (exact) mass is 273 g/mol. The average molecular weight is 273 g/mol. The molecule has 0 unspecified atom stereocenters. The molecule has 3 N–H and O–H groups in total. The van der Waals surface area contributed by atoms with Crippen LogP contribution in [0.15, 0.2) is 6.07 Å². The molecule has 20 heavy (non-hydrogen) atoms. The number of hydrogen-bond donors (Lipinski definition) is 2. The molecule has 4 aliphatic rings. The first kappa shape index (κ1) is 12.1. The molecular weight excluding hydrogens is 254 g/mol. The van der Waals surface area contributed by atoms with Gasteiger partial charge in [-0.3, -0.25) is 0 Å². The molecule has 0 aliphatic heterocycles. The number of carboxylic acid groups (broad SMARTS) is 1. The largest absolute Gasteiger partial charge is 0.477 e. The number of rotatable bonds is 2. The summed E-state index contributed by atoms with van der Waals surface area (Å²) < 4.78 is 0. The molecule has 0 saturated heterocycles. The summed E-state index contributed by atoms with van der Waals surface area (Å²) in [7, 11) is 0. The fraction of sp³-hybridized carbons (Fsp3) is 0.667. The Bertz CT molecular complexity index is 549. The van der Waals surface area contributed by atoms with Gasteiger partial charge in [0.2, 0.25) is 0 Å². The molecule has 4 saturated carbocycles. The topological polar surface area (TPSA) is 89.1 Å². The molecule has 0 amide bonds. The zero-order chi connectivity index (χ0) is 13.9. The summed E-state index contributed by atoms with van der Waals surface area (Å²) in [6.45, 7) is 0. The summed E-state index contributed by atoms with van der Waals surface area (Å²) in [6, 6.07) is 1.35. The van der Waals surface area contributed by atoms with E-state index in [9.17, 15) is 4.79 Å². The van der Waals surface area contributed by atoms with E-state index in [1.807, 2.05) is 0 Å². The summed E-state index contributed by atoms with van der Waals surface area (Å²) in [4.78, 5) is 19.9. The van der Waals surface area contributed by atoms with Gasteiger partial charge in [-0.25, -0.2) is 14.8 Å². The SMILES string of the molecule is Nc1cc(C(=O)O)nc(C23CC4CC(CC(C4)C2)C3)n1. The highest BCUT2D eigenvalue weighted by Crippen LogP contribution is 2.60. The lowest BCUT2D eigenvalue weighted by Crippen LogP contribution is -2.49. The van der Waals surface area contributed by atoms with Crippen molar-refractivity contribution in [3.8, 4) is 0 Å². The number of nitrogens with two attached hydrogens (primary N) is 1. The highest BCUT2D eigenvalue weighted by molar-refractivity contribution is 5.86. The number of nitrogens with zero attached hydrogens (tertiary/aromatic N) is 2. The fourth-order valence-corrected chi connectivity index (χ4v) is 5.20. The van der Waals surface area contributed by atoms with E-state index in [0.29, 0.717) is 5.82 Å². The third-order valence-electron chi connectivity index (χ3n) is 5.48.